The van der Waals surface area contributed by atoms with Crippen molar-refractivity contribution in [3.8, 4) is 0 Å². The Balaban J connectivity index is 3.36. The summed E-state index contributed by atoms with van der Waals surface area (Å²) in [6, 6.07) is 0. The van der Waals surface area contributed by atoms with Gasteiger partial charge in [0.25, 0.3) is 0 Å². The second kappa shape index (κ2) is 15.5. The number of carbonyl (C=O) groups excluding carboxylic acids is 2. The molecule has 0 radical (unpaired) electrons. The number of carbonyl (C=O) groups is 2. The molecule has 2 amide bonds. The topological polar surface area (TPSA) is 114 Å². The van der Waals surface area contributed by atoms with E-state index in [1.54, 1.807) is 11.8 Å². The average Bonchev–Trinajstić information content (AvgIpc) is 2.53. The molecule has 0 aromatic carbocycles. The fourth-order valence-electron chi connectivity index (χ4n) is 1.86. The lowest BCUT2D eigenvalue weighted by Crippen LogP contribution is -2.31. The summed E-state index contributed by atoms with van der Waals surface area (Å²) in [6.45, 7) is 2.41. The van der Waals surface area contributed by atoms with Gasteiger partial charge in [0.2, 0.25) is 5.91 Å². The lowest BCUT2D eigenvalue weighted by molar-refractivity contribution is -0.121. The Kier molecular flexibility index (Phi) is 15.0. The molecule has 8 nitrogen and oxygen atoms in total. The van der Waals surface area contributed by atoms with Crippen molar-refractivity contribution in [3.63, 3.8) is 0 Å². The van der Waals surface area contributed by atoms with Crippen molar-refractivity contribution < 1.29 is 28.3 Å². The number of hydrogen-bond acceptors (Lipinski definition) is 6. The summed E-state index contributed by atoms with van der Waals surface area (Å²) in [6.07, 6.45) is 6.09. The van der Waals surface area contributed by atoms with Gasteiger partial charge in [-0.2, -0.15) is 11.8 Å². The van der Waals surface area contributed by atoms with Crippen molar-refractivity contribution in [2.24, 2.45) is 0 Å². The number of ether oxygens (including phenoxy) is 1. The maximum atomic E-state index is 11.4. The Labute approximate surface area is 154 Å². The zero-order valence-electron chi connectivity index (χ0n) is 15.1. The molecule has 0 heterocycles. The SMILES string of the molecule is CSCCCC(=O)NCCOC(=O)NCCCCCCOP(C)(=O)O. The minimum absolute atomic E-state index is 0.0253. The Hall–Kier alpha value is -0.760. The first kappa shape index (κ1) is 24.2. The fraction of sp³-hybridized carbons (Fsp3) is 0.867. The molecule has 1 atom stereocenters. The van der Waals surface area contributed by atoms with Crippen LogP contribution in [-0.2, 0) is 18.6 Å². The number of nitrogens with one attached hydrogen (secondary N) is 2. The predicted molar refractivity (Wildman–Crippen MR) is 100 cm³/mol. The Bertz CT molecular complexity index is 419. The summed E-state index contributed by atoms with van der Waals surface area (Å²) in [5.74, 6) is 0.933. The molecule has 0 rings (SSSR count). The van der Waals surface area contributed by atoms with Crippen LogP contribution >= 0.6 is 19.4 Å². The number of alkyl carbamates (subject to hydrolysis) is 1. The van der Waals surface area contributed by atoms with E-state index in [1.165, 1.54) is 6.66 Å². The van der Waals surface area contributed by atoms with Crippen LogP contribution in [-0.4, -0.2) is 61.9 Å². The number of hydrogen-bond donors (Lipinski definition) is 3. The lowest BCUT2D eigenvalue weighted by Gasteiger charge is -2.08. The highest BCUT2D eigenvalue weighted by Crippen LogP contribution is 2.36. The summed E-state index contributed by atoms with van der Waals surface area (Å²) in [4.78, 5) is 31.8. The van der Waals surface area contributed by atoms with Gasteiger partial charge >= 0.3 is 13.7 Å². The maximum Gasteiger partial charge on any atom is 0.407 e. The van der Waals surface area contributed by atoms with Crippen LogP contribution < -0.4 is 10.6 Å². The van der Waals surface area contributed by atoms with Gasteiger partial charge in [-0.1, -0.05) is 12.8 Å². The van der Waals surface area contributed by atoms with Crippen LogP contribution in [0.2, 0.25) is 0 Å². The van der Waals surface area contributed by atoms with E-state index in [9.17, 15) is 14.2 Å². The molecule has 0 bridgehead atoms. The fourth-order valence-corrected chi connectivity index (χ4v) is 2.76. The van der Waals surface area contributed by atoms with Gasteiger partial charge in [-0.3, -0.25) is 9.36 Å². The van der Waals surface area contributed by atoms with Crippen molar-refractivity contribution in [3.05, 3.63) is 0 Å². The molecule has 0 aliphatic rings. The normalized spacial score (nSPS) is 13.1. The van der Waals surface area contributed by atoms with E-state index < -0.39 is 13.7 Å². The minimum Gasteiger partial charge on any atom is -0.448 e. The van der Waals surface area contributed by atoms with Gasteiger partial charge in [0.05, 0.1) is 13.2 Å². The molecule has 25 heavy (non-hydrogen) atoms. The molecule has 3 N–H and O–H groups in total. The molecule has 0 aromatic rings. The Morgan fingerprint density at radius 2 is 1.76 bits per heavy atom. The molecule has 0 aliphatic carbocycles. The van der Waals surface area contributed by atoms with Crippen molar-refractivity contribution in [2.75, 3.05) is 45.0 Å². The summed E-state index contributed by atoms with van der Waals surface area (Å²) < 4.78 is 20.6. The molecule has 0 aliphatic heterocycles. The molecule has 0 fully saturated rings. The first-order valence-corrected chi connectivity index (χ1v) is 11.9. The van der Waals surface area contributed by atoms with E-state index >= 15 is 0 Å². The zero-order chi connectivity index (χ0) is 19.0. The van der Waals surface area contributed by atoms with Crippen molar-refractivity contribution >= 4 is 31.4 Å². The van der Waals surface area contributed by atoms with Crippen LogP contribution in [0.5, 0.6) is 0 Å². The van der Waals surface area contributed by atoms with Gasteiger partial charge in [-0.15, -0.1) is 0 Å². The molecular formula is C15H31N2O6PS. The van der Waals surface area contributed by atoms with Crippen molar-refractivity contribution in [1.82, 2.24) is 10.6 Å². The van der Waals surface area contributed by atoms with Gasteiger partial charge in [-0.25, -0.2) is 4.79 Å². The molecule has 1 unspecified atom stereocenters. The van der Waals surface area contributed by atoms with E-state index in [0.29, 0.717) is 25.9 Å². The van der Waals surface area contributed by atoms with Crippen molar-refractivity contribution in [2.45, 2.75) is 38.5 Å². The van der Waals surface area contributed by atoms with E-state index in [4.69, 9.17) is 14.2 Å². The summed E-state index contributed by atoms with van der Waals surface area (Å²) in [7, 11) is -3.37. The van der Waals surface area contributed by atoms with E-state index in [-0.39, 0.29) is 19.1 Å². The highest BCUT2D eigenvalue weighted by molar-refractivity contribution is 7.98. The van der Waals surface area contributed by atoms with Crippen LogP contribution in [0.25, 0.3) is 0 Å². The van der Waals surface area contributed by atoms with Gasteiger partial charge in [-0.05, 0) is 31.3 Å². The van der Waals surface area contributed by atoms with Crippen LogP contribution in [0.15, 0.2) is 0 Å². The molecule has 0 saturated carbocycles. The largest absolute Gasteiger partial charge is 0.448 e. The number of unbranched alkanes of at least 4 members (excludes halogenated alkanes) is 3. The summed E-state index contributed by atoms with van der Waals surface area (Å²) in [5.41, 5.74) is 0. The van der Waals surface area contributed by atoms with Crippen LogP contribution in [0, 0.1) is 0 Å². The summed E-state index contributed by atoms with van der Waals surface area (Å²) >= 11 is 1.71. The smallest absolute Gasteiger partial charge is 0.407 e. The van der Waals surface area contributed by atoms with Gasteiger partial charge in [0.15, 0.2) is 0 Å². The van der Waals surface area contributed by atoms with Gasteiger partial charge in [0, 0.05) is 19.6 Å². The minimum atomic E-state index is -3.37. The van der Waals surface area contributed by atoms with E-state index in [0.717, 1.165) is 31.4 Å². The highest BCUT2D eigenvalue weighted by Gasteiger charge is 2.08. The molecule has 0 saturated heterocycles. The average molecular weight is 398 g/mol. The quantitative estimate of drug-likeness (QED) is 0.287. The highest BCUT2D eigenvalue weighted by atomic mass is 32.2. The third kappa shape index (κ3) is 19.4. The second-order valence-corrected chi connectivity index (χ2v) is 8.41. The Morgan fingerprint density at radius 3 is 2.44 bits per heavy atom. The monoisotopic (exact) mass is 398 g/mol. The first-order valence-electron chi connectivity index (χ1n) is 8.46. The van der Waals surface area contributed by atoms with Gasteiger partial charge < -0.3 is 24.8 Å². The Morgan fingerprint density at radius 1 is 1.04 bits per heavy atom. The molecule has 10 heteroatoms. The zero-order valence-corrected chi connectivity index (χ0v) is 16.8. The first-order chi connectivity index (χ1) is 11.8. The van der Waals surface area contributed by atoms with Gasteiger partial charge in [0.1, 0.15) is 6.61 Å². The van der Waals surface area contributed by atoms with Crippen molar-refractivity contribution in [1.29, 1.82) is 0 Å². The van der Waals surface area contributed by atoms with E-state index in [1.807, 2.05) is 6.26 Å². The van der Waals surface area contributed by atoms with E-state index in [2.05, 4.69) is 10.6 Å². The maximum absolute atomic E-state index is 11.4. The third-order valence-electron chi connectivity index (χ3n) is 3.08. The van der Waals surface area contributed by atoms with Crippen LogP contribution in [0.3, 0.4) is 0 Å². The standard InChI is InChI=1S/C15H31N2O6PS/c1-24(20,21)23-11-6-4-3-5-9-17-15(19)22-12-10-16-14(18)8-7-13-25-2/h3-13H2,1-2H3,(H,16,18)(H,17,19)(H,20,21). The lowest BCUT2D eigenvalue weighted by atomic mass is 10.2. The predicted octanol–water partition coefficient (Wildman–Crippen LogP) is 2.36. The molecular weight excluding hydrogens is 367 g/mol. The van der Waals surface area contributed by atoms with Crippen LogP contribution in [0.1, 0.15) is 38.5 Å². The number of thioether (sulfide) groups is 1. The van der Waals surface area contributed by atoms with Crippen LogP contribution in [0.4, 0.5) is 4.79 Å². The molecule has 0 spiro atoms. The third-order valence-corrected chi connectivity index (χ3v) is 4.44. The molecule has 0 aromatic heterocycles. The molecule has 148 valence electrons. The second-order valence-electron chi connectivity index (χ2n) is 5.56. The number of rotatable bonds is 15. The number of amides is 2. The summed E-state index contributed by atoms with van der Waals surface area (Å²) in [5, 5.41) is 5.34.